The van der Waals surface area contributed by atoms with E-state index in [1.807, 2.05) is 13.0 Å². The number of rotatable bonds is 4. The number of benzene rings is 1. The standard InChI is InChI=1S/C12H16BrFO/c1-3-4-12(2,15)8-9-5-10(13)7-11(14)6-9/h5-7,15H,3-4,8H2,1-2H3. The summed E-state index contributed by atoms with van der Waals surface area (Å²) in [6.45, 7) is 3.81. The van der Waals surface area contributed by atoms with Crippen molar-refractivity contribution in [1.82, 2.24) is 0 Å². The summed E-state index contributed by atoms with van der Waals surface area (Å²) in [6.07, 6.45) is 2.13. The Morgan fingerprint density at radius 2 is 2.07 bits per heavy atom. The lowest BCUT2D eigenvalue weighted by atomic mass is 9.92. The van der Waals surface area contributed by atoms with Crippen molar-refractivity contribution in [3.8, 4) is 0 Å². The van der Waals surface area contributed by atoms with Crippen LogP contribution in [0.1, 0.15) is 32.3 Å². The third-order valence-electron chi connectivity index (χ3n) is 2.30. The molecule has 0 aromatic heterocycles. The molecule has 0 saturated carbocycles. The highest BCUT2D eigenvalue weighted by atomic mass is 79.9. The zero-order valence-electron chi connectivity index (χ0n) is 9.06. The number of halogens is 2. The third kappa shape index (κ3) is 4.31. The Morgan fingerprint density at radius 1 is 1.40 bits per heavy atom. The van der Waals surface area contributed by atoms with E-state index in [1.165, 1.54) is 12.1 Å². The van der Waals surface area contributed by atoms with Crippen LogP contribution >= 0.6 is 15.9 Å². The zero-order valence-corrected chi connectivity index (χ0v) is 10.6. The number of aliphatic hydroxyl groups is 1. The van der Waals surface area contributed by atoms with Crippen molar-refractivity contribution in [3.63, 3.8) is 0 Å². The molecule has 0 bridgehead atoms. The van der Waals surface area contributed by atoms with E-state index < -0.39 is 5.60 Å². The maximum Gasteiger partial charge on any atom is 0.124 e. The molecule has 0 fully saturated rings. The summed E-state index contributed by atoms with van der Waals surface area (Å²) in [5.74, 6) is -0.272. The molecule has 0 spiro atoms. The summed E-state index contributed by atoms with van der Waals surface area (Å²) in [4.78, 5) is 0. The summed E-state index contributed by atoms with van der Waals surface area (Å²) in [7, 11) is 0. The molecule has 1 nitrogen and oxygen atoms in total. The average molecular weight is 275 g/mol. The van der Waals surface area contributed by atoms with E-state index in [4.69, 9.17) is 0 Å². The fraction of sp³-hybridized carbons (Fsp3) is 0.500. The predicted octanol–water partition coefficient (Wildman–Crippen LogP) is 3.68. The fourth-order valence-electron chi connectivity index (χ4n) is 1.78. The highest BCUT2D eigenvalue weighted by Crippen LogP contribution is 2.22. The summed E-state index contributed by atoms with van der Waals surface area (Å²) in [5, 5.41) is 10.0. The normalized spacial score (nSPS) is 15.0. The van der Waals surface area contributed by atoms with Crippen LogP contribution in [0.15, 0.2) is 22.7 Å². The van der Waals surface area contributed by atoms with Gasteiger partial charge in [0.15, 0.2) is 0 Å². The Kier molecular flexibility index (Phi) is 4.29. The molecule has 3 heteroatoms. The molecule has 1 atom stereocenters. The minimum absolute atomic E-state index is 0.272. The second kappa shape index (κ2) is 5.08. The molecule has 1 aromatic carbocycles. The van der Waals surface area contributed by atoms with Crippen LogP contribution in [0.3, 0.4) is 0 Å². The summed E-state index contributed by atoms with van der Waals surface area (Å²) in [6, 6.07) is 4.72. The molecule has 0 saturated heterocycles. The second-order valence-corrected chi connectivity index (χ2v) is 5.12. The largest absolute Gasteiger partial charge is 0.390 e. The van der Waals surface area contributed by atoms with E-state index in [1.54, 1.807) is 6.92 Å². The van der Waals surface area contributed by atoms with Gasteiger partial charge in [0.05, 0.1) is 5.60 Å². The molecule has 0 aliphatic heterocycles. The minimum atomic E-state index is -0.748. The second-order valence-electron chi connectivity index (χ2n) is 4.20. The maximum atomic E-state index is 13.1. The summed E-state index contributed by atoms with van der Waals surface area (Å²) < 4.78 is 13.8. The van der Waals surface area contributed by atoms with Gasteiger partial charge in [-0.1, -0.05) is 29.3 Å². The van der Waals surface area contributed by atoms with Crippen LogP contribution in [0.4, 0.5) is 4.39 Å². The lowest BCUT2D eigenvalue weighted by Crippen LogP contribution is -2.26. The van der Waals surface area contributed by atoms with Crippen LogP contribution < -0.4 is 0 Å². The molecular formula is C12H16BrFO. The predicted molar refractivity (Wildman–Crippen MR) is 63.3 cm³/mol. The molecule has 0 aliphatic rings. The molecule has 0 heterocycles. The lowest BCUT2D eigenvalue weighted by Gasteiger charge is -2.22. The van der Waals surface area contributed by atoms with Crippen LogP contribution in [0.25, 0.3) is 0 Å². The Bertz CT molecular complexity index is 316. The average Bonchev–Trinajstić information content (AvgIpc) is 1.99. The van der Waals surface area contributed by atoms with E-state index in [0.29, 0.717) is 10.9 Å². The molecule has 15 heavy (non-hydrogen) atoms. The van der Waals surface area contributed by atoms with Crippen molar-refractivity contribution < 1.29 is 9.50 Å². The van der Waals surface area contributed by atoms with Gasteiger partial charge in [-0.05, 0) is 37.1 Å². The Balaban J connectivity index is 2.80. The molecule has 1 unspecified atom stereocenters. The maximum absolute atomic E-state index is 13.1. The van der Waals surface area contributed by atoms with Crippen LogP contribution in [-0.4, -0.2) is 10.7 Å². The van der Waals surface area contributed by atoms with Crippen LogP contribution in [-0.2, 0) is 6.42 Å². The van der Waals surface area contributed by atoms with Gasteiger partial charge in [0.2, 0.25) is 0 Å². The zero-order chi connectivity index (χ0) is 11.5. The van der Waals surface area contributed by atoms with Crippen molar-refractivity contribution in [1.29, 1.82) is 0 Å². The first-order valence-electron chi connectivity index (χ1n) is 5.10. The van der Waals surface area contributed by atoms with E-state index >= 15 is 0 Å². The van der Waals surface area contributed by atoms with Gasteiger partial charge >= 0.3 is 0 Å². The summed E-state index contributed by atoms with van der Waals surface area (Å²) in [5.41, 5.74) is 0.0717. The van der Waals surface area contributed by atoms with E-state index in [9.17, 15) is 9.50 Å². The molecule has 0 radical (unpaired) electrons. The van der Waals surface area contributed by atoms with Crippen molar-refractivity contribution >= 4 is 15.9 Å². The SMILES string of the molecule is CCCC(C)(O)Cc1cc(F)cc(Br)c1. The van der Waals surface area contributed by atoms with Gasteiger partial charge in [-0.3, -0.25) is 0 Å². The smallest absolute Gasteiger partial charge is 0.124 e. The molecular weight excluding hydrogens is 259 g/mol. The van der Waals surface area contributed by atoms with Crippen molar-refractivity contribution in [3.05, 3.63) is 34.1 Å². The van der Waals surface area contributed by atoms with Crippen LogP contribution in [0, 0.1) is 5.82 Å². The first kappa shape index (κ1) is 12.7. The molecule has 1 N–H and O–H groups in total. The van der Waals surface area contributed by atoms with Gasteiger partial charge in [-0.25, -0.2) is 4.39 Å². The monoisotopic (exact) mass is 274 g/mol. The minimum Gasteiger partial charge on any atom is -0.390 e. The first-order valence-corrected chi connectivity index (χ1v) is 5.89. The highest BCUT2D eigenvalue weighted by Gasteiger charge is 2.19. The van der Waals surface area contributed by atoms with E-state index in [-0.39, 0.29) is 5.82 Å². The van der Waals surface area contributed by atoms with Gasteiger partial charge in [0.1, 0.15) is 5.82 Å². The van der Waals surface area contributed by atoms with Gasteiger partial charge in [-0.15, -0.1) is 0 Å². The summed E-state index contributed by atoms with van der Waals surface area (Å²) >= 11 is 3.24. The van der Waals surface area contributed by atoms with E-state index in [0.717, 1.165) is 18.4 Å². The Labute approximate surface area is 98.4 Å². The van der Waals surface area contributed by atoms with Crippen molar-refractivity contribution in [2.45, 2.75) is 38.7 Å². The van der Waals surface area contributed by atoms with Crippen molar-refractivity contribution in [2.75, 3.05) is 0 Å². The molecule has 1 aromatic rings. The lowest BCUT2D eigenvalue weighted by molar-refractivity contribution is 0.0505. The van der Waals surface area contributed by atoms with Gasteiger partial charge in [-0.2, -0.15) is 0 Å². The Hall–Kier alpha value is -0.410. The topological polar surface area (TPSA) is 20.2 Å². The number of hydrogen-bond donors (Lipinski definition) is 1. The molecule has 84 valence electrons. The van der Waals surface area contributed by atoms with Gasteiger partial charge in [0.25, 0.3) is 0 Å². The van der Waals surface area contributed by atoms with Gasteiger partial charge < -0.3 is 5.11 Å². The number of hydrogen-bond acceptors (Lipinski definition) is 1. The quantitative estimate of drug-likeness (QED) is 0.888. The molecule has 0 aliphatic carbocycles. The van der Waals surface area contributed by atoms with Gasteiger partial charge in [0, 0.05) is 10.9 Å². The highest BCUT2D eigenvalue weighted by molar-refractivity contribution is 9.10. The fourth-order valence-corrected chi connectivity index (χ4v) is 2.29. The third-order valence-corrected chi connectivity index (χ3v) is 2.75. The van der Waals surface area contributed by atoms with E-state index in [2.05, 4.69) is 15.9 Å². The van der Waals surface area contributed by atoms with Crippen molar-refractivity contribution in [2.24, 2.45) is 0 Å². The van der Waals surface area contributed by atoms with Crippen LogP contribution in [0.5, 0.6) is 0 Å². The molecule has 1 rings (SSSR count). The molecule has 0 amide bonds. The Morgan fingerprint density at radius 3 is 2.60 bits per heavy atom. The van der Waals surface area contributed by atoms with Crippen LogP contribution in [0.2, 0.25) is 0 Å². The first-order chi connectivity index (χ1) is 6.93.